The largest absolute Gasteiger partial charge is 0.486 e. The van der Waals surface area contributed by atoms with Crippen molar-refractivity contribution < 1.29 is 14.3 Å². The van der Waals surface area contributed by atoms with Gasteiger partial charge in [-0.1, -0.05) is 11.8 Å². The normalized spacial score (nSPS) is 23.2. The molecular formula is C20H24N4O3S. The Balaban J connectivity index is 1.19. The average molecular weight is 401 g/mol. The van der Waals surface area contributed by atoms with E-state index in [4.69, 9.17) is 9.47 Å². The first-order chi connectivity index (χ1) is 13.8. The van der Waals surface area contributed by atoms with Crippen LogP contribution in [-0.4, -0.2) is 66.3 Å². The molecule has 1 amide bonds. The third-order valence-corrected chi connectivity index (χ3v) is 6.42. The molecule has 148 valence electrons. The van der Waals surface area contributed by atoms with Crippen LogP contribution in [0.2, 0.25) is 0 Å². The Morgan fingerprint density at radius 1 is 1.25 bits per heavy atom. The summed E-state index contributed by atoms with van der Waals surface area (Å²) in [5, 5.41) is 6.68. The molecule has 1 aromatic rings. The number of nitrogens with one attached hydrogen (secondary N) is 1. The molecular weight excluding hydrogens is 376 g/mol. The van der Waals surface area contributed by atoms with Gasteiger partial charge in [-0.15, -0.1) is 0 Å². The summed E-state index contributed by atoms with van der Waals surface area (Å²) >= 11 is 1.63. The summed E-state index contributed by atoms with van der Waals surface area (Å²) in [6, 6.07) is 6.20. The highest BCUT2D eigenvalue weighted by molar-refractivity contribution is 8.16. The number of aliphatic imine (C=N–C) groups is 1. The van der Waals surface area contributed by atoms with Gasteiger partial charge in [0.2, 0.25) is 5.91 Å². The molecule has 0 aliphatic carbocycles. The highest BCUT2D eigenvalue weighted by Crippen LogP contribution is 2.34. The average Bonchev–Trinajstić information content (AvgIpc) is 3.33. The zero-order valence-corrected chi connectivity index (χ0v) is 16.5. The van der Waals surface area contributed by atoms with E-state index in [1.165, 1.54) is 0 Å². The van der Waals surface area contributed by atoms with Gasteiger partial charge < -0.3 is 24.6 Å². The monoisotopic (exact) mass is 400 g/mol. The molecule has 1 atom stereocenters. The summed E-state index contributed by atoms with van der Waals surface area (Å²) in [5.41, 5.74) is 2.10. The molecule has 0 aromatic heterocycles. The molecule has 0 radical (unpaired) electrons. The van der Waals surface area contributed by atoms with Gasteiger partial charge >= 0.3 is 0 Å². The van der Waals surface area contributed by atoms with Crippen LogP contribution < -0.4 is 14.8 Å². The SMILES string of the molecule is O=C(CC1=CSC2=NCCN12)N1CCC[C@H](Nc2ccc3c(c2)OCCO3)C1. The number of carbonyl (C=O) groups is 1. The second-order valence-corrected chi connectivity index (χ2v) is 8.24. The fraction of sp³-hybridized carbons (Fsp3) is 0.500. The number of piperidine rings is 1. The number of hydrogen-bond donors (Lipinski definition) is 1. The lowest BCUT2D eigenvalue weighted by Crippen LogP contribution is -2.45. The third-order valence-electron chi connectivity index (χ3n) is 5.47. The standard InChI is InChI=1S/C20H24N4O3S/c25-19(11-16-13-28-20-21-5-7-24(16)20)23-6-1-2-15(12-23)22-14-3-4-17-18(10-14)27-9-8-26-17/h3-4,10,13,15,22H,1-2,5-9,11-12H2/t15-/m0/s1. The molecule has 1 saturated heterocycles. The maximum Gasteiger partial charge on any atom is 0.228 e. The number of carbonyl (C=O) groups excluding carboxylic acids is 1. The van der Waals surface area contributed by atoms with Crippen LogP contribution in [0, 0.1) is 0 Å². The van der Waals surface area contributed by atoms with Crippen LogP contribution in [0.15, 0.2) is 34.3 Å². The number of benzene rings is 1. The first-order valence-corrected chi connectivity index (χ1v) is 10.8. The second kappa shape index (κ2) is 7.58. The maximum atomic E-state index is 12.9. The number of rotatable bonds is 4. The van der Waals surface area contributed by atoms with E-state index in [-0.39, 0.29) is 11.9 Å². The van der Waals surface area contributed by atoms with Gasteiger partial charge in [-0.3, -0.25) is 9.79 Å². The van der Waals surface area contributed by atoms with E-state index in [1.54, 1.807) is 11.8 Å². The summed E-state index contributed by atoms with van der Waals surface area (Å²) < 4.78 is 11.3. The van der Waals surface area contributed by atoms with Crippen molar-refractivity contribution in [3.05, 3.63) is 29.3 Å². The summed E-state index contributed by atoms with van der Waals surface area (Å²) in [6.45, 7) is 4.47. The quantitative estimate of drug-likeness (QED) is 0.838. The number of nitrogens with zero attached hydrogens (tertiary/aromatic N) is 3. The fourth-order valence-electron chi connectivity index (χ4n) is 4.07. The molecule has 1 N–H and O–H groups in total. The predicted octanol–water partition coefficient (Wildman–Crippen LogP) is 2.51. The highest BCUT2D eigenvalue weighted by Gasteiger charge is 2.30. The van der Waals surface area contributed by atoms with E-state index in [0.29, 0.717) is 19.6 Å². The van der Waals surface area contributed by atoms with Gasteiger partial charge in [0.1, 0.15) is 13.2 Å². The van der Waals surface area contributed by atoms with Crippen molar-refractivity contribution in [2.45, 2.75) is 25.3 Å². The summed E-state index contributed by atoms with van der Waals surface area (Å²) in [4.78, 5) is 21.5. The summed E-state index contributed by atoms with van der Waals surface area (Å²) in [7, 11) is 0. The van der Waals surface area contributed by atoms with Gasteiger partial charge in [-0.05, 0) is 30.4 Å². The third kappa shape index (κ3) is 3.53. The van der Waals surface area contributed by atoms with Crippen molar-refractivity contribution >= 4 is 28.5 Å². The van der Waals surface area contributed by atoms with Gasteiger partial charge in [0, 0.05) is 43.1 Å². The molecule has 28 heavy (non-hydrogen) atoms. The Morgan fingerprint density at radius 2 is 2.14 bits per heavy atom. The van der Waals surface area contributed by atoms with Gasteiger partial charge in [-0.25, -0.2) is 0 Å². The van der Waals surface area contributed by atoms with Crippen LogP contribution in [0.1, 0.15) is 19.3 Å². The van der Waals surface area contributed by atoms with Crippen molar-refractivity contribution in [1.29, 1.82) is 0 Å². The Morgan fingerprint density at radius 3 is 3.07 bits per heavy atom. The van der Waals surface area contributed by atoms with Crippen LogP contribution in [-0.2, 0) is 4.79 Å². The van der Waals surface area contributed by atoms with E-state index in [9.17, 15) is 4.79 Å². The number of anilines is 1. The number of ether oxygens (including phenoxy) is 2. The number of thioether (sulfide) groups is 1. The predicted molar refractivity (Wildman–Crippen MR) is 110 cm³/mol. The van der Waals surface area contributed by atoms with Crippen LogP contribution in [0.5, 0.6) is 11.5 Å². The molecule has 0 bridgehead atoms. The highest BCUT2D eigenvalue weighted by atomic mass is 32.2. The Kier molecular flexibility index (Phi) is 4.80. The summed E-state index contributed by atoms with van der Waals surface area (Å²) in [6.07, 6.45) is 2.53. The minimum atomic E-state index is 0.202. The second-order valence-electron chi connectivity index (χ2n) is 7.40. The van der Waals surface area contributed by atoms with Gasteiger partial charge in [0.25, 0.3) is 0 Å². The van der Waals surface area contributed by atoms with E-state index in [1.807, 2.05) is 23.1 Å². The molecule has 7 nitrogen and oxygen atoms in total. The molecule has 4 heterocycles. The Bertz CT molecular complexity index is 841. The molecule has 0 saturated carbocycles. The van der Waals surface area contributed by atoms with Crippen molar-refractivity contribution in [3.8, 4) is 11.5 Å². The number of hydrogen-bond acceptors (Lipinski definition) is 7. The minimum Gasteiger partial charge on any atom is -0.486 e. The first-order valence-electron chi connectivity index (χ1n) is 9.88. The van der Waals surface area contributed by atoms with Crippen molar-refractivity contribution in [1.82, 2.24) is 9.80 Å². The Labute approximate surface area is 168 Å². The molecule has 0 unspecified atom stereocenters. The lowest BCUT2D eigenvalue weighted by Gasteiger charge is -2.34. The number of likely N-dealkylation sites (tertiary alicyclic amines) is 1. The number of fused-ring (bicyclic) bond motifs is 2. The van der Waals surface area contributed by atoms with Gasteiger partial charge in [-0.2, -0.15) is 0 Å². The topological polar surface area (TPSA) is 66.4 Å². The maximum absolute atomic E-state index is 12.9. The van der Waals surface area contributed by atoms with E-state index in [0.717, 1.165) is 67.1 Å². The van der Waals surface area contributed by atoms with Crippen LogP contribution >= 0.6 is 11.8 Å². The zero-order valence-electron chi connectivity index (χ0n) is 15.7. The van der Waals surface area contributed by atoms with Crippen LogP contribution in [0.3, 0.4) is 0 Å². The molecule has 1 fully saturated rings. The Hall–Kier alpha value is -2.35. The van der Waals surface area contributed by atoms with Crippen molar-refractivity contribution in [2.24, 2.45) is 4.99 Å². The van der Waals surface area contributed by atoms with Crippen LogP contribution in [0.4, 0.5) is 5.69 Å². The molecule has 1 aromatic carbocycles. The summed E-state index contributed by atoms with van der Waals surface area (Å²) in [5.74, 6) is 1.78. The van der Waals surface area contributed by atoms with Crippen molar-refractivity contribution in [2.75, 3.05) is 44.7 Å². The molecule has 8 heteroatoms. The van der Waals surface area contributed by atoms with E-state index < -0.39 is 0 Å². The molecule has 4 aliphatic rings. The fourth-order valence-corrected chi connectivity index (χ4v) is 5.03. The van der Waals surface area contributed by atoms with Gasteiger partial charge in [0.15, 0.2) is 16.7 Å². The van der Waals surface area contributed by atoms with E-state index in [2.05, 4.69) is 20.6 Å². The number of amides is 1. The molecule has 4 aliphatic heterocycles. The first kappa shape index (κ1) is 17.7. The lowest BCUT2D eigenvalue weighted by molar-refractivity contribution is -0.131. The molecule has 5 rings (SSSR count). The lowest BCUT2D eigenvalue weighted by atomic mass is 10.0. The smallest absolute Gasteiger partial charge is 0.228 e. The number of amidine groups is 1. The van der Waals surface area contributed by atoms with Crippen molar-refractivity contribution in [3.63, 3.8) is 0 Å². The van der Waals surface area contributed by atoms with Gasteiger partial charge in [0.05, 0.1) is 13.0 Å². The minimum absolute atomic E-state index is 0.202. The molecule has 0 spiro atoms. The zero-order chi connectivity index (χ0) is 18.9. The van der Waals surface area contributed by atoms with E-state index >= 15 is 0 Å². The van der Waals surface area contributed by atoms with Crippen LogP contribution in [0.25, 0.3) is 0 Å².